The summed E-state index contributed by atoms with van der Waals surface area (Å²) in [7, 11) is -2.81. The van der Waals surface area contributed by atoms with Gasteiger partial charge in [-0.05, 0) is 36.9 Å². The normalized spacial score (nSPS) is 16.1. The highest BCUT2D eigenvalue weighted by Crippen LogP contribution is 2.21. The van der Waals surface area contributed by atoms with E-state index in [1.54, 1.807) is 0 Å². The summed E-state index contributed by atoms with van der Waals surface area (Å²) in [5.74, 6) is 0.277. The quantitative estimate of drug-likeness (QED) is 0.802. The fourth-order valence-corrected chi connectivity index (χ4v) is 3.01. The smallest absolute Gasteiger partial charge is 0.147 e. The van der Waals surface area contributed by atoms with Gasteiger partial charge in [0, 0.05) is 12.3 Å². The molecule has 0 spiro atoms. The van der Waals surface area contributed by atoms with Gasteiger partial charge >= 0.3 is 0 Å². The zero-order valence-electron chi connectivity index (χ0n) is 10.1. The third-order valence-corrected chi connectivity index (χ3v) is 4.21. The van der Waals surface area contributed by atoms with Crippen LogP contribution in [0.15, 0.2) is 24.3 Å². The topological polar surface area (TPSA) is 46.2 Å². The fraction of sp³-hybridized carbons (Fsp3) is 0.538. The van der Waals surface area contributed by atoms with E-state index in [0.717, 1.165) is 19.4 Å². The zero-order valence-corrected chi connectivity index (χ0v) is 11.0. The maximum absolute atomic E-state index is 11.0. The van der Waals surface area contributed by atoms with E-state index in [-0.39, 0.29) is 5.75 Å². The molecule has 0 unspecified atom stereocenters. The number of rotatable bonds is 5. The van der Waals surface area contributed by atoms with Crippen molar-refractivity contribution in [3.63, 3.8) is 0 Å². The summed E-state index contributed by atoms with van der Waals surface area (Å²) in [5.41, 5.74) is 2.85. The van der Waals surface area contributed by atoms with Crippen molar-refractivity contribution in [2.75, 3.05) is 18.6 Å². The second kappa shape index (κ2) is 5.19. The van der Waals surface area contributed by atoms with E-state index in [1.165, 1.54) is 17.4 Å². The lowest BCUT2D eigenvalue weighted by molar-refractivity contribution is 0.529. The molecule has 94 valence electrons. The number of sulfone groups is 1. The Labute approximate surface area is 103 Å². The van der Waals surface area contributed by atoms with Crippen molar-refractivity contribution in [3.8, 4) is 0 Å². The summed E-state index contributed by atoms with van der Waals surface area (Å²) >= 11 is 0. The lowest BCUT2D eigenvalue weighted by Crippen LogP contribution is -2.31. The second-order valence-electron chi connectivity index (χ2n) is 4.81. The van der Waals surface area contributed by atoms with E-state index in [1.807, 2.05) is 0 Å². The summed E-state index contributed by atoms with van der Waals surface area (Å²) < 4.78 is 22.0. The van der Waals surface area contributed by atoms with Crippen molar-refractivity contribution < 1.29 is 8.42 Å². The summed E-state index contributed by atoms with van der Waals surface area (Å²) in [6, 6.07) is 8.98. The van der Waals surface area contributed by atoms with Crippen molar-refractivity contribution >= 4 is 9.84 Å². The molecule has 1 aliphatic carbocycles. The van der Waals surface area contributed by atoms with Gasteiger partial charge in [0.1, 0.15) is 9.84 Å². The molecule has 1 aromatic rings. The third kappa shape index (κ3) is 3.82. The van der Waals surface area contributed by atoms with Gasteiger partial charge < -0.3 is 5.32 Å². The first-order valence-electron chi connectivity index (χ1n) is 6.02. The number of fused-ring (bicyclic) bond motifs is 1. The minimum absolute atomic E-state index is 0.277. The van der Waals surface area contributed by atoms with E-state index in [0.29, 0.717) is 12.5 Å². The summed E-state index contributed by atoms with van der Waals surface area (Å²) in [4.78, 5) is 0. The second-order valence-corrected chi connectivity index (χ2v) is 7.07. The van der Waals surface area contributed by atoms with Crippen LogP contribution in [0.5, 0.6) is 0 Å². The van der Waals surface area contributed by atoms with Crippen molar-refractivity contribution in [1.29, 1.82) is 0 Å². The van der Waals surface area contributed by atoms with E-state index >= 15 is 0 Å². The molecule has 1 aliphatic rings. The molecule has 2 rings (SSSR count). The van der Waals surface area contributed by atoms with Gasteiger partial charge in [-0.15, -0.1) is 0 Å². The van der Waals surface area contributed by atoms with Gasteiger partial charge in [-0.25, -0.2) is 8.42 Å². The van der Waals surface area contributed by atoms with Crippen LogP contribution in [0.1, 0.15) is 17.5 Å². The SMILES string of the molecule is CS(=O)(=O)CCCNC1Cc2ccccc2C1. The number of hydrogen-bond acceptors (Lipinski definition) is 3. The minimum atomic E-state index is -2.81. The van der Waals surface area contributed by atoms with Crippen LogP contribution in [0.2, 0.25) is 0 Å². The monoisotopic (exact) mass is 253 g/mol. The molecule has 1 N–H and O–H groups in total. The fourth-order valence-electron chi connectivity index (χ4n) is 2.34. The van der Waals surface area contributed by atoms with Gasteiger partial charge in [-0.1, -0.05) is 24.3 Å². The lowest BCUT2D eigenvalue weighted by atomic mass is 10.1. The number of hydrogen-bond donors (Lipinski definition) is 1. The predicted molar refractivity (Wildman–Crippen MR) is 70.0 cm³/mol. The molecule has 0 aliphatic heterocycles. The highest BCUT2D eigenvalue weighted by Gasteiger charge is 2.19. The maximum atomic E-state index is 11.0. The van der Waals surface area contributed by atoms with Gasteiger partial charge in [0.25, 0.3) is 0 Å². The van der Waals surface area contributed by atoms with Crippen LogP contribution in [0, 0.1) is 0 Å². The van der Waals surface area contributed by atoms with Crippen molar-refractivity contribution in [3.05, 3.63) is 35.4 Å². The molecule has 4 heteroatoms. The van der Waals surface area contributed by atoms with Crippen LogP contribution >= 0.6 is 0 Å². The lowest BCUT2D eigenvalue weighted by Gasteiger charge is -2.11. The standard InChI is InChI=1S/C13H19NO2S/c1-17(15,16)8-4-7-14-13-9-11-5-2-3-6-12(11)10-13/h2-3,5-6,13-14H,4,7-10H2,1H3. The van der Waals surface area contributed by atoms with Crippen LogP contribution in [0.25, 0.3) is 0 Å². The van der Waals surface area contributed by atoms with E-state index in [4.69, 9.17) is 0 Å². The first-order valence-corrected chi connectivity index (χ1v) is 8.08. The Hall–Kier alpha value is -0.870. The first-order chi connectivity index (χ1) is 8.04. The van der Waals surface area contributed by atoms with Crippen LogP contribution in [-0.4, -0.2) is 33.0 Å². The molecule has 17 heavy (non-hydrogen) atoms. The highest BCUT2D eigenvalue weighted by atomic mass is 32.2. The number of benzene rings is 1. The highest BCUT2D eigenvalue weighted by molar-refractivity contribution is 7.90. The molecule has 0 radical (unpaired) electrons. The molecule has 0 saturated carbocycles. The predicted octanol–water partition coefficient (Wildman–Crippen LogP) is 1.18. The maximum Gasteiger partial charge on any atom is 0.147 e. The molecule has 0 heterocycles. The molecule has 0 aromatic heterocycles. The van der Waals surface area contributed by atoms with Gasteiger partial charge in [0.05, 0.1) is 5.75 Å². The molecule has 0 bridgehead atoms. The Balaban J connectivity index is 1.74. The summed E-state index contributed by atoms with van der Waals surface area (Å²) in [5, 5.41) is 3.44. The van der Waals surface area contributed by atoms with Crippen LogP contribution in [-0.2, 0) is 22.7 Å². The zero-order chi connectivity index (χ0) is 12.3. The van der Waals surface area contributed by atoms with Gasteiger partial charge in [0.15, 0.2) is 0 Å². The Bertz CT molecular complexity index is 457. The molecule has 0 fully saturated rings. The molecular weight excluding hydrogens is 234 g/mol. The van der Waals surface area contributed by atoms with Crippen LogP contribution in [0.3, 0.4) is 0 Å². The average molecular weight is 253 g/mol. The molecule has 3 nitrogen and oxygen atoms in total. The van der Waals surface area contributed by atoms with Crippen molar-refractivity contribution in [2.45, 2.75) is 25.3 Å². The largest absolute Gasteiger partial charge is 0.313 e. The van der Waals surface area contributed by atoms with Crippen LogP contribution < -0.4 is 5.32 Å². The van der Waals surface area contributed by atoms with E-state index in [9.17, 15) is 8.42 Å². The van der Waals surface area contributed by atoms with E-state index in [2.05, 4.69) is 29.6 Å². The molecule has 0 saturated heterocycles. The number of nitrogens with one attached hydrogen (secondary N) is 1. The van der Waals surface area contributed by atoms with Crippen molar-refractivity contribution in [2.24, 2.45) is 0 Å². The Morgan fingerprint density at radius 1 is 1.24 bits per heavy atom. The first kappa shape index (κ1) is 12.6. The molecular formula is C13H19NO2S. The Kier molecular flexibility index (Phi) is 3.84. The van der Waals surface area contributed by atoms with E-state index < -0.39 is 9.84 Å². The average Bonchev–Trinajstić information content (AvgIpc) is 2.65. The molecule has 0 amide bonds. The molecule has 1 aromatic carbocycles. The molecule has 0 atom stereocenters. The van der Waals surface area contributed by atoms with Gasteiger partial charge in [-0.2, -0.15) is 0 Å². The summed E-state index contributed by atoms with van der Waals surface area (Å²) in [6.45, 7) is 0.783. The Morgan fingerprint density at radius 3 is 2.35 bits per heavy atom. The van der Waals surface area contributed by atoms with Crippen LogP contribution in [0.4, 0.5) is 0 Å². The Morgan fingerprint density at radius 2 is 1.82 bits per heavy atom. The van der Waals surface area contributed by atoms with Crippen molar-refractivity contribution in [1.82, 2.24) is 5.32 Å². The van der Waals surface area contributed by atoms with Gasteiger partial charge in [-0.3, -0.25) is 0 Å². The minimum Gasteiger partial charge on any atom is -0.313 e. The third-order valence-electron chi connectivity index (χ3n) is 3.18. The summed E-state index contributed by atoms with van der Waals surface area (Å²) in [6.07, 6.45) is 4.12. The van der Waals surface area contributed by atoms with Gasteiger partial charge in [0.2, 0.25) is 0 Å².